The van der Waals surface area contributed by atoms with Crippen molar-refractivity contribution in [2.45, 2.75) is 18.2 Å². The van der Waals surface area contributed by atoms with Crippen LogP contribution in [0.2, 0.25) is 0 Å². The molecular weight excluding hydrogens is 266 g/mol. The van der Waals surface area contributed by atoms with E-state index in [1.54, 1.807) is 0 Å². The minimum atomic E-state index is -0.844. The van der Waals surface area contributed by atoms with E-state index in [4.69, 9.17) is 4.74 Å². The smallest absolute Gasteiger partial charge is 0.105 e. The van der Waals surface area contributed by atoms with Crippen molar-refractivity contribution in [3.05, 3.63) is 48.5 Å². The zero-order valence-electron chi connectivity index (χ0n) is 11.5. The molecule has 21 heavy (non-hydrogen) atoms. The van der Waals surface area contributed by atoms with Crippen LogP contribution in [0.5, 0.6) is 0 Å². The summed E-state index contributed by atoms with van der Waals surface area (Å²) in [7, 11) is 0. The van der Waals surface area contributed by atoms with Crippen LogP contribution in [0.15, 0.2) is 48.5 Å². The first-order valence-electron chi connectivity index (χ1n) is 7.19. The topological polar surface area (TPSA) is 54.6 Å². The fourth-order valence-electron chi connectivity index (χ4n) is 3.30. The highest BCUT2D eigenvalue weighted by molar-refractivity contribution is 6.08. The minimum Gasteiger partial charge on any atom is -0.388 e. The Hall–Kier alpha value is -1.88. The lowest BCUT2D eigenvalue weighted by atomic mass is 10.0. The van der Waals surface area contributed by atoms with E-state index in [1.165, 1.54) is 0 Å². The first-order valence-corrected chi connectivity index (χ1v) is 7.19. The monoisotopic (exact) mass is 283 g/mol. The van der Waals surface area contributed by atoms with Gasteiger partial charge in [0.15, 0.2) is 0 Å². The molecule has 1 aliphatic heterocycles. The van der Waals surface area contributed by atoms with Crippen LogP contribution in [0, 0.1) is 0 Å². The first kappa shape index (κ1) is 12.8. The molecule has 4 nitrogen and oxygen atoms in total. The van der Waals surface area contributed by atoms with Gasteiger partial charge in [0, 0.05) is 21.8 Å². The molecule has 0 amide bonds. The van der Waals surface area contributed by atoms with Crippen molar-refractivity contribution in [3.8, 4) is 0 Å². The molecule has 3 aromatic rings. The van der Waals surface area contributed by atoms with Gasteiger partial charge in [0.05, 0.1) is 19.3 Å². The molecule has 3 atom stereocenters. The summed E-state index contributed by atoms with van der Waals surface area (Å²) in [5, 5.41) is 22.6. The number of rotatable bonds is 1. The van der Waals surface area contributed by atoms with E-state index < -0.39 is 12.2 Å². The van der Waals surface area contributed by atoms with Crippen molar-refractivity contribution in [1.29, 1.82) is 0 Å². The third-order valence-electron chi connectivity index (χ3n) is 4.31. The number of fused-ring (bicyclic) bond motifs is 3. The summed E-state index contributed by atoms with van der Waals surface area (Å²) in [5.74, 6) is 0. The van der Waals surface area contributed by atoms with Gasteiger partial charge in [-0.25, -0.2) is 0 Å². The summed E-state index contributed by atoms with van der Waals surface area (Å²) in [6.07, 6.45) is -1.67. The maximum absolute atomic E-state index is 10.4. The number of aromatic nitrogens is 1. The Bertz CT molecular complexity index is 742. The average molecular weight is 283 g/mol. The molecule has 4 heteroatoms. The van der Waals surface area contributed by atoms with Crippen LogP contribution >= 0.6 is 0 Å². The molecule has 0 radical (unpaired) electrons. The molecule has 1 fully saturated rings. The normalized spacial score (nSPS) is 26.5. The van der Waals surface area contributed by atoms with E-state index in [2.05, 4.69) is 16.7 Å². The molecule has 1 saturated heterocycles. The number of aliphatic hydroxyl groups excluding tert-OH is 2. The number of aliphatic hydroxyl groups is 2. The molecule has 2 unspecified atom stereocenters. The van der Waals surface area contributed by atoms with Gasteiger partial charge < -0.3 is 19.5 Å². The predicted molar refractivity (Wildman–Crippen MR) is 81.3 cm³/mol. The van der Waals surface area contributed by atoms with Crippen molar-refractivity contribution < 1.29 is 14.9 Å². The lowest BCUT2D eigenvalue weighted by Crippen LogP contribution is -2.44. The fraction of sp³-hybridized carbons (Fsp3) is 0.294. The number of nitrogens with zero attached hydrogens (tertiary/aromatic N) is 1. The van der Waals surface area contributed by atoms with Gasteiger partial charge in [-0.2, -0.15) is 0 Å². The Morgan fingerprint density at radius 3 is 2.05 bits per heavy atom. The predicted octanol–water partition coefficient (Wildman–Crippen LogP) is 2.09. The summed E-state index contributed by atoms with van der Waals surface area (Å²) in [4.78, 5) is 0. The number of hydrogen-bond acceptors (Lipinski definition) is 3. The summed E-state index contributed by atoms with van der Waals surface area (Å²) >= 11 is 0. The molecule has 0 spiro atoms. The maximum atomic E-state index is 10.4. The van der Waals surface area contributed by atoms with Crippen LogP contribution in [-0.4, -0.2) is 40.2 Å². The van der Waals surface area contributed by atoms with Crippen molar-refractivity contribution in [2.24, 2.45) is 0 Å². The Morgan fingerprint density at radius 2 is 1.43 bits per heavy atom. The van der Waals surface area contributed by atoms with Gasteiger partial charge in [-0.1, -0.05) is 36.4 Å². The maximum Gasteiger partial charge on any atom is 0.105 e. The zero-order chi connectivity index (χ0) is 14.4. The Kier molecular flexibility index (Phi) is 2.96. The van der Waals surface area contributed by atoms with E-state index in [1.807, 2.05) is 36.4 Å². The molecule has 2 heterocycles. The number of ether oxygens (including phenoxy) is 1. The minimum absolute atomic E-state index is 0.189. The molecule has 0 saturated carbocycles. The van der Waals surface area contributed by atoms with Crippen molar-refractivity contribution in [1.82, 2.24) is 4.57 Å². The van der Waals surface area contributed by atoms with E-state index in [0.717, 1.165) is 21.8 Å². The van der Waals surface area contributed by atoms with E-state index in [9.17, 15) is 10.2 Å². The Balaban J connectivity index is 2.01. The lowest BCUT2D eigenvalue weighted by Gasteiger charge is -2.33. The second-order valence-electron chi connectivity index (χ2n) is 5.57. The van der Waals surface area contributed by atoms with Crippen molar-refractivity contribution in [3.63, 3.8) is 0 Å². The zero-order valence-corrected chi connectivity index (χ0v) is 11.5. The molecule has 4 rings (SSSR count). The van der Waals surface area contributed by atoms with Gasteiger partial charge in [-0.15, -0.1) is 0 Å². The van der Waals surface area contributed by atoms with Gasteiger partial charge in [-0.3, -0.25) is 0 Å². The largest absolute Gasteiger partial charge is 0.388 e. The van der Waals surface area contributed by atoms with Gasteiger partial charge in [0.2, 0.25) is 0 Å². The first-order chi connectivity index (χ1) is 10.3. The number of para-hydroxylation sites is 2. The molecule has 2 N–H and O–H groups in total. The summed E-state index contributed by atoms with van der Waals surface area (Å²) < 4.78 is 7.55. The summed E-state index contributed by atoms with van der Waals surface area (Å²) in [6.45, 7) is 0.593. The van der Waals surface area contributed by atoms with Crippen LogP contribution in [-0.2, 0) is 4.74 Å². The molecule has 1 aromatic heterocycles. The second-order valence-corrected chi connectivity index (χ2v) is 5.57. The van der Waals surface area contributed by atoms with Gasteiger partial charge >= 0.3 is 0 Å². The van der Waals surface area contributed by atoms with E-state index >= 15 is 0 Å². The van der Waals surface area contributed by atoms with Gasteiger partial charge in [0.1, 0.15) is 12.2 Å². The molecule has 108 valence electrons. The van der Waals surface area contributed by atoms with Crippen LogP contribution < -0.4 is 0 Å². The quantitative estimate of drug-likeness (QED) is 0.719. The standard InChI is InChI=1S/C17H17NO3/c19-16-10-21-9-15(17(16)20)18-13-7-3-1-5-11(13)12-6-2-4-8-14(12)18/h1-8,15-17,19-20H,9-10H2/t15?,16-,17?/m0/s1. The molecule has 0 bridgehead atoms. The van der Waals surface area contributed by atoms with E-state index in [-0.39, 0.29) is 12.6 Å². The van der Waals surface area contributed by atoms with Crippen LogP contribution in [0.4, 0.5) is 0 Å². The number of benzene rings is 2. The van der Waals surface area contributed by atoms with Gasteiger partial charge in [-0.05, 0) is 12.1 Å². The van der Waals surface area contributed by atoms with Crippen LogP contribution in [0.25, 0.3) is 21.8 Å². The molecule has 0 aliphatic carbocycles. The highest BCUT2D eigenvalue weighted by Gasteiger charge is 2.34. The Labute approximate surface area is 122 Å². The van der Waals surface area contributed by atoms with Crippen LogP contribution in [0.3, 0.4) is 0 Å². The lowest BCUT2D eigenvalue weighted by molar-refractivity contribution is -0.113. The highest BCUT2D eigenvalue weighted by Crippen LogP contribution is 2.34. The fourth-order valence-corrected chi connectivity index (χ4v) is 3.30. The van der Waals surface area contributed by atoms with Crippen molar-refractivity contribution in [2.75, 3.05) is 13.2 Å². The molecule has 1 aliphatic rings. The molecular formula is C17H17NO3. The van der Waals surface area contributed by atoms with Gasteiger partial charge in [0.25, 0.3) is 0 Å². The van der Waals surface area contributed by atoms with Crippen molar-refractivity contribution >= 4 is 21.8 Å². The Morgan fingerprint density at radius 1 is 0.857 bits per heavy atom. The van der Waals surface area contributed by atoms with E-state index in [0.29, 0.717) is 6.61 Å². The second kappa shape index (κ2) is 4.84. The average Bonchev–Trinajstić information content (AvgIpc) is 2.85. The third kappa shape index (κ3) is 1.87. The van der Waals surface area contributed by atoms with Crippen LogP contribution in [0.1, 0.15) is 6.04 Å². The SMILES string of the molecule is OC1C(n2c3ccccc3c3ccccc32)COC[C@@H]1O. The highest BCUT2D eigenvalue weighted by atomic mass is 16.5. The summed E-state index contributed by atoms with van der Waals surface area (Å²) in [6, 6.07) is 16.0. The third-order valence-corrected chi connectivity index (χ3v) is 4.31. The molecule has 2 aromatic carbocycles. The summed E-state index contributed by atoms with van der Waals surface area (Å²) in [5.41, 5.74) is 2.11. The number of hydrogen-bond donors (Lipinski definition) is 2.